The van der Waals surface area contributed by atoms with Gasteiger partial charge in [-0.1, -0.05) is 30.3 Å². The first-order valence-corrected chi connectivity index (χ1v) is 21.7. The minimum Gasteiger partial charge on any atom is -0.464 e. The number of H-pyrrole nitrogens is 2. The average Bonchev–Trinajstić information content (AvgIpc) is 4.05. The molecule has 7 heterocycles. The van der Waals surface area contributed by atoms with Crippen LogP contribution in [0.1, 0.15) is 95.6 Å². The van der Waals surface area contributed by atoms with Crippen molar-refractivity contribution in [2.24, 2.45) is 0 Å². The molecule has 7 aromatic rings. The summed E-state index contributed by atoms with van der Waals surface area (Å²) in [5.41, 5.74) is 5.13. The largest absolute Gasteiger partial charge is 0.464 e. The van der Waals surface area contributed by atoms with E-state index in [-0.39, 0.29) is 25.1 Å². The topological polar surface area (TPSA) is 131 Å². The van der Waals surface area contributed by atoms with Crippen molar-refractivity contribution in [3.63, 3.8) is 0 Å². The van der Waals surface area contributed by atoms with Gasteiger partial charge >= 0.3 is 12.2 Å². The van der Waals surface area contributed by atoms with Gasteiger partial charge in [-0.3, -0.25) is 14.4 Å². The third-order valence-electron chi connectivity index (χ3n) is 11.5. The zero-order chi connectivity index (χ0) is 42.4. The van der Waals surface area contributed by atoms with Crippen molar-refractivity contribution in [1.29, 1.82) is 0 Å². The lowest BCUT2D eigenvalue weighted by molar-refractivity contribution is 0.0204. The minimum absolute atomic E-state index is 0.0467. The van der Waals surface area contributed by atoms with Crippen LogP contribution in [0.25, 0.3) is 54.8 Å². The number of nitrogens with one attached hydrogen (secondary N) is 2. The van der Waals surface area contributed by atoms with E-state index < -0.39 is 35.7 Å². The number of hydrogen-bond acceptors (Lipinski definition) is 8. The number of thiophene rings is 1. The number of halogens is 1. The Morgan fingerprint density at radius 3 is 2.20 bits per heavy atom. The third kappa shape index (κ3) is 7.30. The van der Waals surface area contributed by atoms with Crippen LogP contribution in [-0.2, 0) is 9.47 Å². The Morgan fingerprint density at radius 1 is 0.803 bits per heavy atom. The van der Waals surface area contributed by atoms with E-state index in [0.717, 1.165) is 79.4 Å². The maximum absolute atomic E-state index is 14.8. The highest BCUT2D eigenvalue weighted by Gasteiger charge is 2.41. The molecular weight excluding hydrogens is 794 g/mol. The van der Waals surface area contributed by atoms with Crippen molar-refractivity contribution in [3.8, 4) is 39.5 Å². The van der Waals surface area contributed by atoms with E-state index in [9.17, 15) is 14.0 Å². The lowest BCUT2D eigenvalue weighted by Crippen LogP contribution is -2.37. The number of carbonyl (C=O) groups excluding carboxylic acids is 2. The molecule has 61 heavy (non-hydrogen) atoms. The number of ether oxygens (including phenoxy) is 3. The highest BCUT2D eigenvalue weighted by atomic mass is 32.1. The number of rotatable bonds is 5. The average molecular weight is 842 g/mol. The van der Waals surface area contributed by atoms with E-state index in [0.29, 0.717) is 12.4 Å². The van der Waals surface area contributed by atoms with Crippen LogP contribution < -0.4 is 4.74 Å². The van der Waals surface area contributed by atoms with Crippen molar-refractivity contribution in [2.45, 2.75) is 96.5 Å². The van der Waals surface area contributed by atoms with Gasteiger partial charge in [0.05, 0.1) is 58.5 Å². The molecule has 2 amide bonds. The number of carbonyl (C=O) groups is 2. The molecule has 3 aliphatic heterocycles. The fourth-order valence-corrected chi connectivity index (χ4v) is 9.89. The molecule has 4 aromatic heterocycles. The van der Waals surface area contributed by atoms with Crippen LogP contribution in [0, 0.1) is 0 Å². The van der Waals surface area contributed by atoms with Gasteiger partial charge in [-0.2, -0.15) is 0 Å². The molecule has 4 atom stereocenters. The first-order valence-electron chi connectivity index (χ1n) is 20.8. The number of aromatic nitrogens is 5. The van der Waals surface area contributed by atoms with Crippen molar-refractivity contribution in [3.05, 3.63) is 102 Å². The summed E-state index contributed by atoms with van der Waals surface area (Å²) in [5, 5.41) is 2.20. The van der Waals surface area contributed by atoms with Gasteiger partial charge in [0.15, 0.2) is 0 Å². The molecule has 0 aliphatic carbocycles. The number of hydrogen-bond donors (Lipinski definition) is 2. The smallest absolute Gasteiger partial charge is 0.411 e. The summed E-state index contributed by atoms with van der Waals surface area (Å²) >= 11 is 1.71. The highest BCUT2D eigenvalue weighted by molar-refractivity contribution is 7.19. The van der Waals surface area contributed by atoms with Gasteiger partial charge in [0.1, 0.15) is 34.8 Å². The van der Waals surface area contributed by atoms with Crippen molar-refractivity contribution in [1.82, 2.24) is 34.3 Å². The quantitative estimate of drug-likeness (QED) is 0.176. The van der Waals surface area contributed by atoms with E-state index in [1.807, 2.05) is 45.2 Å². The van der Waals surface area contributed by atoms with Crippen LogP contribution in [0.15, 0.2) is 85.2 Å². The predicted molar refractivity (Wildman–Crippen MR) is 233 cm³/mol. The standard InChI is InChI=1S/C47H48FN7O5S/c1-46(2,3)59-44(56)53-17-9-11-35(53)41-49-23-32(51-41)26-14-16-34-29(18-26)19-36-31-15-13-27(20-38(31)58-43(55(34)36)40-21-28-10-7-8-12-39(28)61-40)33-24-50-42(52-33)37-22-30(48)25-54(37)45(57)60-47(4,5)6/h7-8,10,12-16,18-21,23-24,30,35,37,43H,9,11,17,22,25H2,1-6H3,(H,49,51)(H,50,52)/t30-,35+,37+,43?/m1/s1. The Bertz CT molecular complexity index is 2790. The van der Waals surface area contributed by atoms with Gasteiger partial charge < -0.3 is 24.2 Å². The molecule has 12 nitrogen and oxygen atoms in total. The van der Waals surface area contributed by atoms with E-state index in [2.05, 4.69) is 74.1 Å². The molecule has 314 valence electrons. The Hall–Kier alpha value is -6.15. The number of likely N-dealkylation sites (tertiary alicyclic amines) is 2. The van der Waals surface area contributed by atoms with Crippen molar-refractivity contribution >= 4 is 44.5 Å². The Morgan fingerprint density at radius 2 is 1.48 bits per heavy atom. The maximum atomic E-state index is 14.8. The SMILES string of the molecule is CC(C)(C)OC(=O)N1CCC[C@H]1c1ncc(-c2ccc3c(c2)cc2n3C(c3cc4ccccc4s3)Oc3cc(-c4cnc([C@@H]5C[C@@H](F)CN5C(=O)OC(C)(C)C)[nH]4)ccc3-2)[nH]1. The van der Waals surface area contributed by atoms with E-state index in [1.54, 1.807) is 43.2 Å². The molecular formula is C47H48FN7O5S. The number of nitrogens with zero attached hydrogens (tertiary/aromatic N) is 5. The molecule has 2 saturated heterocycles. The van der Waals surface area contributed by atoms with Crippen LogP contribution in [0.2, 0.25) is 0 Å². The van der Waals surface area contributed by atoms with E-state index in [4.69, 9.17) is 19.2 Å². The summed E-state index contributed by atoms with van der Waals surface area (Å²) in [6.07, 6.45) is 2.90. The van der Waals surface area contributed by atoms with Gasteiger partial charge in [-0.15, -0.1) is 11.3 Å². The number of imidazole rings is 2. The van der Waals surface area contributed by atoms with Crippen LogP contribution >= 0.6 is 11.3 Å². The number of aromatic amines is 2. The Kier molecular flexibility index (Phi) is 9.27. The van der Waals surface area contributed by atoms with Gasteiger partial charge in [0.25, 0.3) is 0 Å². The summed E-state index contributed by atoms with van der Waals surface area (Å²) in [5.74, 6) is 1.97. The van der Waals surface area contributed by atoms with Crippen molar-refractivity contribution in [2.75, 3.05) is 13.1 Å². The van der Waals surface area contributed by atoms with E-state index in [1.165, 1.54) is 9.60 Å². The molecule has 0 saturated carbocycles. The summed E-state index contributed by atoms with van der Waals surface area (Å²) in [4.78, 5) is 46.7. The van der Waals surface area contributed by atoms with Gasteiger partial charge in [-0.05, 0) is 102 Å². The molecule has 0 radical (unpaired) electrons. The molecule has 1 unspecified atom stereocenters. The van der Waals surface area contributed by atoms with Gasteiger partial charge in [-0.25, -0.2) is 23.9 Å². The molecule has 2 fully saturated rings. The Balaban J connectivity index is 0.993. The molecule has 0 spiro atoms. The lowest BCUT2D eigenvalue weighted by Gasteiger charge is -2.29. The van der Waals surface area contributed by atoms with Gasteiger partial charge in [0.2, 0.25) is 6.23 Å². The normalized spacial score (nSPS) is 20.2. The number of amides is 2. The Labute approximate surface area is 356 Å². The van der Waals surface area contributed by atoms with Crippen molar-refractivity contribution < 1.29 is 28.2 Å². The summed E-state index contributed by atoms with van der Waals surface area (Å²) in [6.45, 7) is 11.6. The minimum atomic E-state index is -1.18. The molecule has 10 rings (SSSR count). The number of alkyl halides is 1. The zero-order valence-corrected chi connectivity index (χ0v) is 35.8. The van der Waals surface area contributed by atoms with Crippen LogP contribution in [0.3, 0.4) is 0 Å². The summed E-state index contributed by atoms with van der Waals surface area (Å²) < 4.78 is 36.6. The predicted octanol–water partition coefficient (Wildman–Crippen LogP) is 11.3. The molecule has 0 bridgehead atoms. The second-order valence-electron chi connectivity index (χ2n) is 18.2. The lowest BCUT2D eigenvalue weighted by atomic mass is 10.0. The first-order chi connectivity index (χ1) is 29.2. The fraction of sp³-hybridized carbons (Fsp3) is 0.362. The van der Waals surface area contributed by atoms with Crippen LogP contribution in [0.5, 0.6) is 5.75 Å². The molecule has 3 aromatic carbocycles. The van der Waals surface area contributed by atoms with E-state index >= 15 is 0 Å². The number of benzene rings is 3. The maximum Gasteiger partial charge on any atom is 0.411 e. The summed E-state index contributed by atoms with van der Waals surface area (Å²) in [6, 6.07) is 24.5. The third-order valence-corrected chi connectivity index (χ3v) is 12.6. The molecule has 14 heteroatoms. The van der Waals surface area contributed by atoms with Crippen LogP contribution in [0.4, 0.5) is 14.0 Å². The first kappa shape index (κ1) is 39.0. The molecule has 3 aliphatic rings. The second kappa shape index (κ2) is 14.5. The van der Waals surface area contributed by atoms with Crippen LogP contribution in [-0.4, -0.2) is 77.0 Å². The molecule has 2 N–H and O–H groups in total. The highest BCUT2D eigenvalue weighted by Crippen LogP contribution is 2.48. The monoisotopic (exact) mass is 841 g/mol. The fourth-order valence-electron chi connectivity index (χ4n) is 8.81. The zero-order valence-electron chi connectivity index (χ0n) is 35.0. The number of fused-ring (bicyclic) bond motifs is 6. The summed E-state index contributed by atoms with van der Waals surface area (Å²) in [7, 11) is 0. The second-order valence-corrected chi connectivity index (χ2v) is 19.3. The van der Waals surface area contributed by atoms with Gasteiger partial charge in [0, 0.05) is 39.7 Å².